The second-order valence-corrected chi connectivity index (χ2v) is 14.2. The van der Waals surface area contributed by atoms with Crippen LogP contribution >= 0.6 is 0 Å². The molecule has 0 spiro atoms. The number of aliphatic hydroxyl groups is 1. The smallest absolute Gasteiger partial charge is 0.408 e. The summed E-state index contributed by atoms with van der Waals surface area (Å²) < 4.78 is 16.9. The summed E-state index contributed by atoms with van der Waals surface area (Å²) >= 11 is 0. The molecular weight excluding hydrogens is 594 g/mol. The molecule has 0 radical (unpaired) electrons. The molecule has 1 heterocycles. The van der Waals surface area contributed by atoms with E-state index in [1.807, 2.05) is 66.7 Å². The Kier molecular flexibility index (Phi) is 11.3. The Hall–Kier alpha value is -4.37. The fourth-order valence-electron chi connectivity index (χ4n) is 5.60. The quantitative estimate of drug-likeness (QED) is 0.172. The van der Waals surface area contributed by atoms with Crippen LogP contribution in [0.25, 0.3) is 0 Å². The molecule has 0 saturated heterocycles. The third kappa shape index (κ3) is 10.3. The molecule has 2 unspecified atom stereocenters. The van der Waals surface area contributed by atoms with Crippen molar-refractivity contribution in [3.8, 4) is 5.75 Å². The summed E-state index contributed by atoms with van der Waals surface area (Å²) in [7, 11) is 0. The van der Waals surface area contributed by atoms with E-state index in [4.69, 9.17) is 14.2 Å². The summed E-state index contributed by atoms with van der Waals surface area (Å²) in [5.74, 6) is 0.492. The Morgan fingerprint density at radius 3 is 2.43 bits per heavy atom. The monoisotopic (exact) mass is 643 g/mol. The number of alkyl carbamates (subject to hydrolysis) is 2. The number of hydrogen-bond acceptors (Lipinski definition) is 7. The van der Waals surface area contributed by atoms with Crippen molar-refractivity contribution >= 4 is 12.2 Å². The van der Waals surface area contributed by atoms with E-state index in [2.05, 4.69) is 43.0 Å². The first-order valence-electron chi connectivity index (χ1n) is 16.1. The number of carbonyl (C=O) groups is 2. The largest absolute Gasteiger partial charge is 0.490 e. The minimum Gasteiger partial charge on any atom is -0.490 e. The zero-order valence-electron chi connectivity index (χ0n) is 28.4. The number of aliphatic hydroxyl groups excluding tert-OH is 1. The molecule has 1 aliphatic carbocycles. The number of aromatic nitrogens is 1. The maximum absolute atomic E-state index is 13.2. The van der Waals surface area contributed by atoms with Crippen LogP contribution in [0.15, 0.2) is 85.6 Å². The maximum atomic E-state index is 13.2. The first-order chi connectivity index (χ1) is 22.2. The third-order valence-electron chi connectivity index (χ3n) is 8.14. The van der Waals surface area contributed by atoms with Crippen LogP contribution in [0.3, 0.4) is 0 Å². The van der Waals surface area contributed by atoms with E-state index in [-0.39, 0.29) is 24.4 Å². The molecule has 2 aromatic carbocycles. The van der Waals surface area contributed by atoms with Crippen molar-refractivity contribution in [2.24, 2.45) is 5.92 Å². The second kappa shape index (κ2) is 15.0. The number of rotatable bonds is 13. The van der Waals surface area contributed by atoms with Gasteiger partial charge in [-0.2, -0.15) is 0 Å². The van der Waals surface area contributed by atoms with Gasteiger partial charge in [-0.25, -0.2) is 9.59 Å². The highest BCUT2D eigenvalue weighted by molar-refractivity contribution is 5.70. The van der Waals surface area contributed by atoms with Crippen molar-refractivity contribution < 1.29 is 28.9 Å². The molecule has 9 heteroatoms. The number of carbonyl (C=O) groups excluding carboxylic acids is 2. The van der Waals surface area contributed by atoms with Crippen LogP contribution in [0.2, 0.25) is 0 Å². The predicted molar refractivity (Wildman–Crippen MR) is 182 cm³/mol. The van der Waals surface area contributed by atoms with Crippen LogP contribution in [0, 0.1) is 5.92 Å². The molecular formula is C38H49N3O6. The Morgan fingerprint density at radius 2 is 1.74 bits per heavy atom. The number of hydrogen-bond donors (Lipinski definition) is 3. The van der Waals surface area contributed by atoms with Crippen LogP contribution in [-0.2, 0) is 33.5 Å². The van der Waals surface area contributed by atoms with Crippen molar-refractivity contribution in [3.05, 3.63) is 108 Å². The zero-order valence-corrected chi connectivity index (χ0v) is 28.4. The van der Waals surface area contributed by atoms with Crippen molar-refractivity contribution in [2.45, 2.75) is 96.1 Å². The lowest BCUT2D eigenvalue weighted by Gasteiger charge is -2.28. The number of nitrogens with one attached hydrogen (secondary N) is 2. The van der Waals surface area contributed by atoms with E-state index < -0.39 is 35.5 Å². The molecule has 1 aromatic heterocycles. The highest BCUT2D eigenvalue weighted by Gasteiger charge is 2.58. The fraction of sp³-hybridized carbons (Fsp3) is 0.447. The summed E-state index contributed by atoms with van der Waals surface area (Å²) in [6.45, 7) is 15.9. The molecule has 4 rings (SSSR count). The number of pyridine rings is 1. The molecule has 0 aliphatic heterocycles. The van der Waals surface area contributed by atoms with Gasteiger partial charge < -0.3 is 30.0 Å². The van der Waals surface area contributed by atoms with Gasteiger partial charge in [-0.15, -0.1) is 0 Å². The molecule has 3 aromatic rings. The second-order valence-electron chi connectivity index (χ2n) is 14.2. The molecule has 1 fully saturated rings. The van der Waals surface area contributed by atoms with Crippen molar-refractivity contribution in [2.75, 3.05) is 6.61 Å². The van der Waals surface area contributed by atoms with Gasteiger partial charge in [0.2, 0.25) is 0 Å². The van der Waals surface area contributed by atoms with Crippen LogP contribution in [0.4, 0.5) is 9.59 Å². The van der Waals surface area contributed by atoms with Gasteiger partial charge >= 0.3 is 12.2 Å². The average molecular weight is 644 g/mol. The lowest BCUT2D eigenvalue weighted by Crippen LogP contribution is -2.47. The molecule has 47 heavy (non-hydrogen) atoms. The van der Waals surface area contributed by atoms with Crippen LogP contribution < -0.4 is 15.4 Å². The normalized spacial score (nSPS) is 18.7. The van der Waals surface area contributed by atoms with Gasteiger partial charge in [0, 0.05) is 6.20 Å². The lowest BCUT2D eigenvalue weighted by atomic mass is 9.86. The molecule has 4 atom stereocenters. The van der Waals surface area contributed by atoms with E-state index in [1.54, 1.807) is 33.0 Å². The molecule has 0 bridgehead atoms. The first kappa shape index (κ1) is 35.5. The molecule has 252 valence electrons. The van der Waals surface area contributed by atoms with Crippen LogP contribution in [0.5, 0.6) is 5.75 Å². The van der Waals surface area contributed by atoms with Gasteiger partial charge in [0.15, 0.2) is 0 Å². The maximum Gasteiger partial charge on any atom is 0.408 e. The third-order valence-corrected chi connectivity index (χ3v) is 8.14. The predicted octanol–water partition coefficient (Wildman–Crippen LogP) is 6.97. The fourth-order valence-corrected chi connectivity index (χ4v) is 5.60. The molecule has 3 N–H and O–H groups in total. The lowest BCUT2D eigenvalue weighted by molar-refractivity contribution is 0.0403. The van der Waals surface area contributed by atoms with Gasteiger partial charge in [-0.1, -0.05) is 75.9 Å². The summed E-state index contributed by atoms with van der Waals surface area (Å²) in [5, 5.41) is 17.7. The topological polar surface area (TPSA) is 119 Å². The van der Waals surface area contributed by atoms with E-state index in [0.717, 1.165) is 16.7 Å². The summed E-state index contributed by atoms with van der Waals surface area (Å²) in [6, 6.07) is 20.3. The highest BCUT2D eigenvalue weighted by atomic mass is 16.6. The van der Waals surface area contributed by atoms with Crippen molar-refractivity contribution in [3.63, 3.8) is 0 Å². The van der Waals surface area contributed by atoms with Gasteiger partial charge in [-0.05, 0) is 92.3 Å². The van der Waals surface area contributed by atoms with Crippen molar-refractivity contribution in [1.82, 2.24) is 15.6 Å². The average Bonchev–Trinajstić information content (AvgIpc) is 3.70. The van der Waals surface area contributed by atoms with Gasteiger partial charge in [-0.3, -0.25) is 4.98 Å². The van der Waals surface area contributed by atoms with Gasteiger partial charge in [0.05, 0.1) is 23.4 Å². The SMILES string of the molecule is C=CCOc1cccc(C[C@H](NC(=O)OC(C)(C)C)C(O)C[C@H]2CC2(NC(=O)OCc2ccccc2)c2cc(C(C)(C)C)ccn2)c1. The minimum atomic E-state index is -0.972. The standard InChI is InChI=1S/C38H49N3O6/c1-8-19-45-30-16-12-15-27(20-30)21-31(40-34(43)47-37(5,6)7)32(42)22-29-24-38(29,33-23-28(17-18-39-33)36(2,3)4)41-35(44)46-25-26-13-10-9-11-14-26/h8-18,20,23,29,31-32,42H,1,19,21-22,24-25H2,2-7H3,(H,40,43)(H,41,44)/t29-,31-,32?,38?/m0/s1. The highest BCUT2D eigenvalue weighted by Crippen LogP contribution is 2.54. The number of benzene rings is 2. The first-order valence-corrected chi connectivity index (χ1v) is 16.1. The Balaban J connectivity index is 1.57. The number of ether oxygens (including phenoxy) is 3. The van der Waals surface area contributed by atoms with Crippen LogP contribution in [0.1, 0.15) is 76.8 Å². The minimum absolute atomic E-state index is 0.128. The van der Waals surface area contributed by atoms with Gasteiger partial charge in [0.1, 0.15) is 24.6 Å². The molecule has 2 amide bonds. The van der Waals surface area contributed by atoms with Crippen LogP contribution in [-0.4, -0.2) is 46.6 Å². The van der Waals surface area contributed by atoms with E-state index in [1.165, 1.54) is 0 Å². The Labute approximate surface area is 278 Å². The van der Waals surface area contributed by atoms with Gasteiger partial charge in [0.25, 0.3) is 0 Å². The summed E-state index contributed by atoms with van der Waals surface area (Å²) in [4.78, 5) is 30.8. The summed E-state index contributed by atoms with van der Waals surface area (Å²) in [5.41, 5.74) is 1.85. The molecule has 9 nitrogen and oxygen atoms in total. The van der Waals surface area contributed by atoms with Crippen molar-refractivity contribution in [1.29, 1.82) is 0 Å². The van der Waals surface area contributed by atoms with E-state index in [0.29, 0.717) is 30.9 Å². The Morgan fingerprint density at radius 1 is 1.02 bits per heavy atom. The summed E-state index contributed by atoms with van der Waals surface area (Å²) in [6.07, 6.45) is 2.44. The van der Waals surface area contributed by atoms with E-state index in [9.17, 15) is 14.7 Å². The molecule has 1 aliphatic rings. The zero-order chi connectivity index (χ0) is 34.2. The molecule has 1 saturated carbocycles. The number of nitrogens with zero attached hydrogens (tertiary/aromatic N) is 1. The number of amides is 2. The van der Waals surface area contributed by atoms with E-state index >= 15 is 0 Å². The Bertz CT molecular complexity index is 1510.